The van der Waals surface area contributed by atoms with Gasteiger partial charge < -0.3 is 5.32 Å². The van der Waals surface area contributed by atoms with Crippen LogP contribution in [0.25, 0.3) is 0 Å². The van der Waals surface area contributed by atoms with Crippen molar-refractivity contribution in [2.24, 2.45) is 5.92 Å². The molecule has 0 spiro atoms. The lowest BCUT2D eigenvalue weighted by Gasteiger charge is -2.18. The number of rotatable bonds is 6. The Morgan fingerprint density at radius 3 is 2.62 bits per heavy atom. The first-order valence-electron chi connectivity index (χ1n) is 7.98. The number of pyridine rings is 1. The van der Waals surface area contributed by atoms with E-state index in [2.05, 4.69) is 20.3 Å². The number of hydrogen-bond acceptors (Lipinski definition) is 4. The standard InChI is InChI=1S/C17H19F3N4/c1-11-5-8-21-14(10-11)15(12-2-3-12)24-16-22-9-6-13(23-16)4-7-17(18,19)20/h5-6,8-10,12,15H,2-4,7H2,1H3,(H,22,23,24)/t15-/m1/s1. The smallest absolute Gasteiger partial charge is 0.346 e. The third-order valence-corrected chi connectivity index (χ3v) is 4.01. The van der Waals surface area contributed by atoms with Crippen LogP contribution in [0.15, 0.2) is 30.6 Å². The van der Waals surface area contributed by atoms with E-state index in [1.807, 2.05) is 19.1 Å². The number of nitrogens with zero attached hydrogens (tertiary/aromatic N) is 3. The molecule has 0 radical (unpaired) electrons. The lowest BCUT2D eigenvalue weighted by Crippen LogP contribution is -2.17. The molecule has 2 aromatic heterocycles. The highest BCUT2D eigenvalue weighted by molar-refractivity contribution is 5.32. The van der Waals surface area contributed by atoms with Crippen LogP contribution in [0.5, 0.6) is 0 Å². The number of nitrogens with one attached hydrogen (secondary N) is 1. The zero-order valence-corrected chi connectivity index (χ0v) is 13.3. The Morgan fingerprint density at radius 1 is 1.21 bits per heavy atom. The predicted molar refractivity (Wildman–Crippen MR) is 84.5 cm³/mol. The molecule has 7 heteroatoms. The number of anilines is 1. The molecule has 1 fully saturated rings. The number of aryl methyl sites for hydroxylation is 2. The van der Waals surface area contributed by atoms with Crippen LogP contribution in [0.4, 0.5) is 19.1 Å². The van der Waals surface area contributed by atoms with Gasteiger partial charge in [0.2, 0.25) is 5.95 Å². The Kier molecular flexibility index (Phi) is 4.69. The maximum Gasteiger partial charge on any atom is 0.389 e. The number of aromatic nitrogens is 3. The second-order valence-corrected chi connectivity index (χ2v) is 6.20. The number of halogens is 3. The molecule has 0 saturated heterocycles. The van der Waals surface area contributed by atoms with Crippen LogP contribution in [0.1, 0.15) is 42.3 Å². The van der Waals surface area contributed by atoms with E-state index in [9.17, 15) is 13.2 Å². The molecule has 0 unspecified atom stereocenters. The Hall–Kier alpha value is -2.18. The Labute approximate surface area is 138 Å². The monoisotopic (exact) mass is 336 g/mol. The maximum absolute atomic E-state index is 12.4. The van der Waals surface area contributed by atoms with Gasteiger partial charge in [0.15, 0.2) is 0 Å². The fourth-order valence-corrected chi connectivity index (χ4v) is 2.61. The third kappa shape index (κ3) is 4.66. The van der Waals surface area contributed by atoms with Gasteiger partial charge in [-0.1, -0.05) is 0 Å². The molecule has 4 nitrogen and oxygen atoms in total. The van der Waals surface area contributed by atoms with Crippen molar-refractivity contribution < 1.29 is 13.2 Å². The van der Waals surface area contributed by atoms with Crippen LogP contribution < -0.4 is 5.32 Å². The average molecular weight is 336 g/mol. The van der Waals surface area contributed by atoms with Crippen molar-refractivity contribution in [3.8, 4) is 0 Å². The predicted octanol–water partition coefficient (Wildman–Crippen LogP) is 4.24. The molecule has 2 aromatic rings. The van der Waals surface area contributed by atoms with E-state index in [4.69, 9.17) is 0 Å². The number of hydrogen-bond donors (Lipinski definition) is 1. The lowest BCUT2D eigenvalue weighted by atomic mass is 10.1. The van der Waals surface area contributed by atoms with Gasteiger partial charge in [-0.15, -0.1) is 0 Å². The van der Waals surface area contributed by atoms with E-state index in [0.29, 0.717) is 17.6 Å². The highest BCUT2D eigenvalue weighted by atomic mass is 19.4. The first kappa shape index (κ1) is 16.7. The average Bonchev–Trinajstić information content (AvgIpc) is 3.35. The van der Waals surface area contributed by atoms with Crippen LogP contribution >= 0.6 is 0 Å². The van der Waals surface area contributed by atoms with Crippen molar-refractivity contribution in [3.63, 3.8) is 0 Å². The molecular formula is C17H19F3N4. The summed E-state index contributed by atoms with van der Waals surface area (Å²) < 4.78 is 37.1. The van der Waals surface area contributed by atoms with Gasteiger partial charge in [-0.2, -0.15) is 13.2 Å². The van der Waals surface area contributed by atoms with Crippen molar-refractivity contribution in [2.45, 2.75) is 44.8 Å². The quantitative estimate of drug-likeness (QED) is 0.857. The van der Waals surface area contributed by atoms with Gasteiger partial charge in [-0.05, 0) is 55.9 Å². The largest absolute Gasteiger partial charge is 0.389 e. The second-order valence-electron chi connectivity index (χ2n) is 6.20. The summed E-state index contributed by atoms with van der Waals surface area (Å²) in [7, 11) is 0. The molecular weight excluding hydrogens is 317 g/mol. The Morgan fingerprint density at radius 2 is 1.96 bits per heavy atom. The van der Waals surface area contributed by atoms with Gasteiger partial charge >= 0.3 is 6.18 Å². The van der Waals surface area contributed by atoms with Crippen molar-refractivity contribution in [2.75, 3.05) is 5.32 Å². The van der Waals surface area contributed by atoms with Crippen molar-refractivity contribution >= 4 is 5.95 Å². The molecule has 3 rings (SSSR count). The molecule has 1 aliphatic rings. The van der Waals surface area contributed by atoms with Gasteiger partial charge in [0.05, 0.1) is 11.7 Å². The lowest BCUT2D eigenvalue weighted by molar-refractivity contribution is -0.134. The van der Waals surface area contributed by atoms with Gasteiger partial charge in [-0.25, -0.2) is 9.97 Å². The van der Waals surface area contributed by atoms with Gasteiger partial charge in [0.1, 0.15) is 0 Å². The summed E-state index contributed by atoms with van der Waals surface area (Å²) in [5.41, 5.74) is 2.42. The minimum Gasteiger partial charge on any atom is -0.346 e. The van der Waals surface area contributed by atoms with E-state index >= 15 is 0 Å². The molecule has 1 aliphatic carbocycles. The van der Waals surface area contributed by atoms with Crippen molar-refractivity contribution in [3.05, 3.63) is 47.5 Å². The molecule has 0 aromatic carbocycles. The van der Waals surface area contributed by atoms with Crippen LogP contribution in [-0.2, 0) is 6.42 Å². The van der Waals surface area contributed by atoms with E-state index in [-0.39, 0.29) is 12.5 Å². The fourth-order valence-electron chi connectivity index (χ4n) is 2.61. The molecule has 2 heterocycles. The Bertz CT molecular complexity index is 698. The highest BCUT2D eigenvalue weighted by Gasteiger charge is 2.34. The summed E-state index contributed by atoms with van der Waals surface area (Å²) in [6, 6.07) is 5.46. The van der Waals surface area contributed by atoms with E-state index in [1.54, 1.807) is 6.20 Å². The fraction of sp³-hybridized carbons (Fsp3) is 0.471. The molecule has 1 saturated carbocycles. The maximum atomic E-state index is 12.4. The molecule has 24 heavy (non-hydrogen) atoms. The van der Waals surface area contributed by atoms with Crippen LogP contribution in [0.2, 0.25) is 0 Å². The van der Waals surface area contributed by atoms with Crippen molar-refractivity contribution in [1.29, 1.82) is 0 Å². The summed E-state index contributed by atoms with van der Waals surface area (Å²) in [4.78, 5) is 12.8. The molecule has 128 valence electrons. The van der Waals surface area contributed by atoms with Gasteiger partial charge in [-0.3, -0.25) is 4.98 Å². The zero-order valence-electron chi connectivity index (χ0n) is 13.3. The van der Waals surface area contributed by atoms with Gasteiger partial charge in [0.25, 0.3) is 0 Å². The summed E-state index contributed by atoms with van der Waals surface area (Å²) in [5.74, 6) is 0.816. The van der Waals surface area contributed by atoms with Crippen molar-refractivity contribution in [1.82, 2.24) is 15.0 Å². The molecule has 1 atom stereocenters. The van der Waals surface area contributed by atoms with E-state index in [1.165, 1.54) is 12.3 Å². The minimum atomic E-state index is -4.18. The highest BCUT2D eigenvalue weighted by Crippen LogP contribution is 2.42. The molecule has 0 amide bonds. The third-order valence-electron chi connectivity index (χ3n) is 4.01. The van der Waals surface area contributed by atoms with E-state index < -0.39 is 12.6 Å². The summed E-state index contributed by atoms with van der Waals surface area (Å²) in [6.45, 7) is 2.00. The SMILES string of the molecule is Cc1ccnc([C@H](Nc2nccc(CCC(F)(F)F)n2)C2CC2)c1. The summed E-state index contributed by atoms with van der Waals surface area (Å²) in [5, 5.41) is 3.26. The van der Waals surface area contributed by atoms with Crippen LogP contribution in [0.3, 0.4) is 0 Å². The normalized spacial score (nSPS) is 16.0. The Balaban J connectivity index is 1.73. The molecule has 0 aliphatic heterocycles. The summed E-state index contributed by atoms with van der Waals surface area (Å²) in [6.07, 6.45) is 0.256. The summed E-state index contributed by atoms with van der Waals surface area (Å²) >= 11 is 0. The molecule has 1 N–H and O–H groups in total. The topological polar surface area (TPSA) is 50.7 Å². The van der Waals surface area contributed by atoms with E-state index in [0.717, 1.165) is 24.1 Å². The zero-order chi connectivity index (χ0) is 17.2. The van der Waals surface area contributed by atoms with Gasteiger partial charge in [0, 0.05) is 24.5 Å². The molecule has 0 bridgehead atoms. The first-order chi connectivity index (χ1) is 11.4. The minimum absolute atomic E-state index is 0.0113. The second kappa shape index (κ2) is 6.75. The van der Waals surface area contributed by atoms with Crippen LogP contribution in [0, 0.1) is 12.8 Å². The number of alkyl halides is 3. The first-order valence-corrected chi connectivity index (χ1v) is 7.98. The van der Waals surface area contributed by atoms with Crippen LogP contribution in [-0.4, -0.2) is 21.1 Å².